The summed E-state index contributed by atoms with van der Waals surface area (Å²) in [7, 11) is 1.28. The zero-order valence-corrected chi connectivity index (χ0v) is 17.6. The standard InChI is InChI=1S/C18H20N4O7S/c1-5-27-12-8-7-11(10-19)9-13(12)29-16-15(22(24)25)14(17(23)28-6-2)20-18(30-4)21(16)26-3/h7-9,18H,5-6H2,1-4H3. The van der Waals surface area contributed by atoms with Crippen LogP contribution >= 0.6 is 11.8 Å². The largest absolute Gasteiger partial charge is 0.490 e. The van der Waals surface area contributed by atoms with Crippen molar-refractivity contribution in [3.63, 3.8) is 0 Å². The van der Waals surface area contributed by atoms with Crippen molar-refractivity contribution in [1.82, 2.24) is 5.06 Å². The summed E-state index contributed by atoms with van der Waals surface area (Å²) in [6, 6.07) is 6.36. The molecule has 0 aliphatic carbocycles. The molecule has 1 aromatic carbocycles. The van der Waals surface area contributed by atoms with E-state index in [1.807, 2.05) is 6.07 Å². The lowest BCUT2D eigenvalue weighted by molar-refractivity contribution is -0.421. The van der Waals surface area contributed by atoms with Crippen molar-refractivity contribution in [3.05, 3.63) is 45.5 Å². The first-order chi connectivity index (χ1) is 14.4. The van der Waals surface area contributed by atoms with Crippen LogP contribution in [0.4, 0.5) is 0 Å². The minimum Gasteiger partial charge on any atom is -0.490 e. The number of hydroxylamine groups is 2. The molecule has 1 aliphatic rings. The fourth-order valence-electron chi connectivity index (χ4n) is 2.49. The van der Waals surface area contributed by atoms with E-state index in [-0.39, 0.29) is 23.7 Å². The first-order valence-electron chi connectivity index (χ1n) is 8.76. The van der Waals surface area contributed by atoms with E-state index in [1.165, 1.54) is 25.3 Å². The minimum absolute atomic E-state index is 0.00959. The number of carbonyl (C=O) groups excluding carboxylic acids is 1. The molecule has 1 atom stereocenters. The fourth-order valence-corrected chi connectivity index (χ4v) is 3.08. The van der Waals surface area contributed by atoms with Gasteiger partial charge in [-0.1, -0.05) is 0 Å². The molecule has 0 saturated carbocycles. The normalized spacial score (nSPS) is 15.9. The van der Waals surface area contributed by atoms with Gasteiger partial charge in [-0.25, -0.2) is 9.79 Å². The van der Waals surface area contributed by atoms with E-state index in [2.05, 4.69) is 4.99 Å². The Morgan fingerprint density at radius 2 is 2.10 bits per heavy atom. The Bertz CT molecular complexity index is 926. The molecule has 1 unspecified atom stereocenters. The number of rotatable bonds is 9. The van der Waals surface area contributed by atoms with Gasteiger partial charge in [-0.05, 0) is 32.2 Å². The zero-order chi connectivity index (χ0) is 22.3. The van der Waals surface area contributed by atoms with Crippen LogP contribution in [0.2, 0.25) is 0 Å². The molecule has 30 heavy (non-hydrogen) atoms. The van der Waals surface area contributed by atoms with Gasteiger partial charge in [-0.3, -0.25) is 15.0 Å². The van der Waals surface area contributed by atoms with Gasteiger partial charge in [0.25, 0.3) is 0 Å². The Balaban J connectivity index is 2.68. The second-order valence-corrected chi connectivity index (χ2v) is 6.38. The highest BCUT2D eigenvalue weighted by Crippen LogP contribution is 2.35. The van der Waals surface area contributed by atoms with E-state index in [0.717, 1.165) is 16.8 Å². The number of hydrogen-bond acceptors (Lipinski definition) is 11. The fraction of sp³-hybridized carbons (Fsp3) is 0.389. The Kier molecular flexibility index (Phi) is 8.02. The number of nitriles is 1. The number of aliphatic imine (C=N–C) groups is 1. The first-order valence-corrected chi connectivity index (χ1v) is 10.0. The van der Waals surface area contributed by atoms with Crippen molar-refractivity contribution >= 4 is 23.4 Å². The minimum atomic E-state index is -0.962. The van der Waals surface area contributed by atoms with E-state index in [1.54, 1.807) is 20.1 Å². The SMILES string of the molecule is CCOC(=O)C1=NC(SC)N(OC)C(Oc2cc(C#N)ccc2OCC)=C1[N+](=O)[O-]. The molecule has 0 spiro atoms. The van der Waals surface area contributed by atoms with Crippen molar-refractivity contribution < 1.29 is 28.8 Å². The van der Waals surface area contributed by atoms with Gasteiger partial charge in [0.1, 0.15) is 0 Å². The molecule has 1 aliphatic heterocycles. The molecule has 12 heteroatoms. The molecule has 2 rings (SSSR count). The molecule has 0 saturated heterocycles. The van der Waals surface area contributed by atoms with Crippen LogP contribution in [0.15, 0.2) is 34.8 Å². The van der Waals surface area contributed by atoms with Crippen LogP contribution < -0.4 is 9.47 Å². The Labute approximate surface area is 177 Å². The number of carbonyl (C=O) groups is 1. The van der Waals surface area contributed by atoms with Crippen molar-refractivity contribution in [3.8, 4) is 17.6 Å². The predicted octanol–water partition coefficient (Wildman–Crippen LogP) is 2.31. The average molecular weight is 436 g/mol. The predicted molar refractivity (Wildman–Crippen MR) is 107 cm³/mol. The molecular formula is C18H20N4O7S. The second kappa shape index (κ2) is 10.5. The molecular weight excluding hydrogens is 416 g/mol. The summed E-state index contributed by atoms with van der Waals surface area (Å²) in [5.74, 6) is -1.06. The van der Waals surface area contributed by atoms with Crippen LogP contribution in [-0.4, -0.2) is 53.7 Å². The van der Waals surface area contributed by atoms with E-state index < -0.39 is 33.7 Å². The smallest absolute Gasteiger partial charge is 0.364 e. The topological polar surface area (TPSA) is 137 Å². The Morgan fingerprint density at radius 1 is 1.37 bits per heavy atom. The van der Waals surface area contributed by atoms with Gasteiger partial charge in [-0.15, -0.1) is 11.8 Å². The summed E-state index contributed by atoms with van der Waals surface area (Å²) in [5, 5.41) is 22.1. The maximum Gasteiger partial charge on any atom is 0.364 e. The maximum atomic E-state index is 12.4. The molecule has 0 N–H and O–H groups in total. The van der Waals surface area contributed by atoms with E-state index in [0.29, 0.717) is 6.61 Å². The van der Waals surface area contributed by atoms with E-state index in [4.69, 9.17) is 19.0 Å². The van der Waals surface area contributed by atoms with Crippen molar-refractivity contribution in [1.29, 1.82) is 5.26 Å². The van der Waals surface area contributed by atoms with Crippen molar-refractivity contribution in [2.75, 3.05) is 26.6 Å². The van der Waals surface area contributed by atoms with Gasteiger partial charge in [0.05, 0.1) is 36.9 Å². The average Bonchev–Trinajstić information content (AvgIpc) is 2.73. The van der Waals surface area contributed by atoms with Gasteiger partial charge in [0.2, 0.25) is 5.71 Å². The monoisotopic (exact) mass is 436 g/mol. The number of nitrogens with zero attached hydrogens (tertiary/aromatic N) is 4. The summed E-state index contributed by atoms with van der Waals surface area (Å²) in [6.45, 7) is 3.63. The number of benzene rings is 1. The third-order valence-corrected chi connectivity index (χ3v) is 4.42. The van der Waals surface area contributed by atoms with Crippen LogP contribution in [0.25, 0.3) is 0 Å². The van der Waals surface area contributed by atoms with Crippen LogP contribution in [0.1, 0.15) is 19.4 Å². The number of thioether (sulfide) groups is 1. The zero-order valence-electron chi connectivity index (χ0n) is 16.8. The van der Waals surface area contributed by atoms with E-state index >= 15 is 0 Å². The number of hydrogen-bond donors (Lipinski definition) is 0. The highest BCUT2D eigenvalue weighted by atomic mass is 32.2. The third kappa shape index (κ3) is 4.81. The molecule has 0 aromatic heterocycles. The number of ether oxygens (including phenoxy) is 3. The van der Waals surface area contributed by atoms with Gasteiger partial charge in [0.15, 0.2) is 17.0 Å². The van der Waals surface area contributed by atoms with Gasteiger partial charge in [-0.2, -0.15) is 10.3 Å². The molecule has 160 valence electrons. The molecule has 0 amide bonds. The van der Waals surface area contributed by atoms with Gasteiger partial charge >= 0.3 is 17.5 Å². The van der Waals surface area contributed by atoms with Crippen LogP contribution in [-0.2, 0) is 14.4 Å². The molecule has 0 fully saturated rings. The Hall–Kier alpha value is -3.30. The summed E-state index contributed by atoms with van der Waals surface area (Å²) in [4.78, 5) is 32.8. The molecule has 1 aromatic rings. The summed E-state index contributed by atoms with van der Waals surface area (Å²) >= 11 is 1.15. The highest BCUT2D eigenvalue weighted by Gasteiger charge is 2.44. The first kappa shape index (κ1) is 23.0. The number of esters is 1. The number of nitro groups is 1. The summed E-state index contributed by atoms with van der Waals surface area (Å²) in [6.07, 6.45) is 1.68. The molecule has 1 heterocycles. The summed E-state index contributed by atoms with van der Waals surface area (Å²) < 4.78 is 16.2. The Morgan fingerprint density at radius 3 is 2.63 bits per heavy atom. The van der Waals surface area contributed by atoms with Gasteiger partial charge < -0.3 is 14.2 Å². The van der Waals surface area contributed by atoms with Crippen LogP contribution in [0.5, 0.6) is 11.5 Å². The highest BCUT2D eigenvalue weighted by molar-refractivity contribution is 7.99. The second-order valence-electron chi connectivity index (χ2n) is 5.49. The molecule has 0 radical (unpaired) electrons. The van der Waals surface area contributed by atoms with Crippen LogP contribution in [0, 0.1) is 21.4 Å². The maximum absolute atomic E-state index is 12.4. The lowest BCUT2D eigenvalue weighted by Crippen LogP contribution is -2.42. The summed E-state index contributed by atoms with van der Waals surface area (Å²) in [5.41, 5.74) is -1.84. The lowest BCUT2D eigenvalue weighted by atomic mass is 10.2. The molecule has 11 nitrogen and oxygen atoms in total. The van der Waals surface area contributed by atoms with Crippen molar-refractivity contribution in [2.24, 2.45) is 4.99 Å². The quantitative estimate of drug-likeness (QED) is 0.322. The molecule has 0 bridgehead atoms. The van der Waals surface area contributed by atoms with Crippen molar-refractivity contribution in [2.45, 2.75) is 19.3 Å². The third-order valence-electron chi connectivity index (χ3n) is 3.71. The van der Waals surface area contributed by atoms with Crippen LogP contribution in [0.3, 0.4) is 0 Å². The van der Waals surface area contributed by atoms with Gasteiger partial charge in [0, 0.05) is 6.07 Å². The van der Waals surface area contributed by atoms with E-state index in [9.17, 15) is 20.2 Å². The lowest BCUT2D eigenvalue weighted by Gasteiger charge is -2.31.